The maximum Gasteiger partial charge on any atom is 0.323 e. The highest BCUT2D eigenvalue weighted by Crippen LogP contribution is 2.27. The molecule has 0 saturated carbocycles. The third-order valence-electron chi connectivity index (χ3n) is 2.99. The van der Waals surface area contributed by atoms with E-state index in [1.807, 2.05) is 13.8 Å². The summed E-state index contributed by atoms with van der Waals surface area (Å²) in [6.07, 6.45) is 0.321. The maximum atomic E-state index is 12.0. The highest BCUT2D eigenvalue weighted by Gasteiger charge is 2.36. The van der Waals surface area contributed by atoms with Crippen molar-refractivity contribution in [1.29, 1.82) is 0 Å². The molecule has 7 heteroatoms. The van der Waals surface area contributed by atoms with E-state index in [-0.39, 0.29) is 19.2 Å². The molecule has 0 heterocycles. The van der Waals surface area contributed by atoms with Gasteiger partial charge in [0.05, 0.1) is 13.3 Å². The number of aliphatic hydroxyl groups excluding tert-OH is 1. The van der Waals surface area contributed by atoms with Gasteiger partial charge < -0.3 is 20.3 Å². The molecule has 0 aliphatic carbocycles. The van der Waals surface area contributed by atoms with Crippen LogP contribution < -0.4 is 11.1 Å². The van der Waals surface area contributed by atoms with Gasteiger partial charge in [-0.2, -0.15) is 0 Å². The standard InChI is InChI=1S/C15H30N2O5/c1-10(2)12(16)13(20)22-15(5,6)8-14(3,4)21-11(19)7-17-9-18/h10,12,17-18H,7-9,16H2,1-6H3. The summed E-state index contributed by atoms with van der Waals surface area (Å²) in [6, 6.07) is -0.682. The summed E-state index contributed by atoms with van der Waals surface area (Å²) < 4.78 is 10.8. The van der Waals surface area contributed by atoms with Gasteiger partial charge in [-0.1, -0.05) is 13.8 Å². The summed E-state index contributed by atoms with van der Waals surface area (Å²) in [5, 5.41) is 11.1. The quantitative estimate of drug-likeness (QED) is 0.420. The average Bonchev–Trinajstić information content (AvgIpc) is 2.32. The molecule has 0 fully saturated rings. The molecule has 0 aromatic heterocycles. The van der Waals surface area contributed by atoms with Gasteiger partial charge in [-0.15, -0.1) is 0 Å². The van der Waals surface area contributed by atoms with E-state index >= 15 is 0 Å². The van der Waals surface area contributed by atoms with Crippen molar-refractivity contribution in [3.63, 3.8) is 0 Å². The van der Waals surface area contributed by atoms with Crippen LogP contribution in [0.3, 0.4) is 0 Å². The van der Waals surface area contributed by atoms with E-state index in [2.05, 4.69) is 5.32 Å². The van der Waals surface area contributed by atoms with Crippen molar-refractivity contribution in [2.75, 3.05) is 13.3 Å². The normalized spacial score (nSPS) is 13.9. The van der Waals surface area contributed by atoms with Crippen LogP contribution >= 0.6 is 0 Å². The van der Waals surface area contributed by atoms with Crippen molar-refractivity contribution < 1.29 is 24.2 Å². The van der Waals surface area contributed by atoms with Crippen LogP contribution in [0.2, 0.25) is 0 Å². The number of nitrogens with one attached hydrogen (secondary N) is 1. The average molecular weight is 318 g/mol. The zero-order valence-electron chi connectivity index (χ0n) is 14.4. The number of carbonyl (C=O) groups is 2. The van der Waals surface area contributed by atoms with Crippen LogP contribution in [0.1, 0.15) is 48.0 Å². The van der Waals surface area contributed by atoms with Crippen molar-refractivity contribution in [3.8, 4) is 0 Å². The first-order valence-electron chi connectivity index (χ1n) is 7.42. The molecule has 0 aromatic carbocycles. The predicted octanol–water partition coefficient (Wildman–Crippen LogP) is 0.543. The van der Waals surface area contributed by atoms with Crippen molar-refractivity contribution in [1.82, 2.24) is 5.32 Å². The van der Waals surface area contributed by atoms with Crippen LogP contribution in [0.4, 0.5) is 0 Å². The van der Waals surface area contributed by atoms with E-state index in [0.717, 1.165) is 0 Å². The Morgan fingerprint density at radius 3 is 2.09 bits per heavy atom. The molecule has 0 saturated heterocycles. The van der Waals surface area contributed by atoms with Crippen LogP contribution in [-0.4, -0.2) is 47.6 Å². The fourth-order valence-electron chi connectivity index (χ4n) is 2.21. The van der Waals surface area contributed by atoms with E-state index in [9.17, 15) is 9.59 Å². The number of ether oxygens (including phenoxy) is 2. The second-order valence-corrected chi connectivity index (χ2v) is 6.95. The minimum absolute atomic E-state index is 0.0151. The predicted molar refractivity (Wildman–Crippen MR) is 82.9 cm³/mol. The van der Waals surface area contributed by atoms with Crippen molar-refractivity contribution >= 4 is 11.9 Å². The molecule has 0 aliphatic heterocycles. The zero-order chi connectivity index (χ0) is 17.6. The Morgan fingerprint density at radius 1 is 1.14 bits per heavy atom. The van der Waals surface area contributed by atoms with Crippen molar-refractivity contribution in [2.24, 2.45) is 11.7 Å². The molecule has 0 rings (SSSR count). The molecular formula is C15H30N2O5. The number of nitrogens with two attached hydrogens (primary N) is 1. The van der Waals surface area contributed by atoms with E-state index < -0.39 is 29.2 Å². The van der Waals surface area contributed by atoms with Crippen LogP contribution in [0.15, 0.2) is 0 Å². The molecule has 0 aliphatic rings. The Bertz CT molecular complexity index is 380. The molecule has 4 N–H and O–H groups in total. The summed E-state index contributed by atoms with van der Waals surface area (Å²) in [5.41, 5.74) is 4.13. The lowest BCUT2D eigenvalue weighted by atomic mass is 9.91. The Morgan fingerprint density at radius 2 is 1.64 bits per heavy atom. The Kier molecular flexibility index (Phi) is 8.00. The molecule has 1 atom stereocenters. The second kappa shape index (κ2) is 8.45. The first-order valence-corrected chi connectivity index (χ1v) is 7.42. The van der Waals surface area contributed by atoms with E-state index in [4.69, 9.17) is 20.3 Å². The third kappa shape index (κ3) is 8.31. The molecule has 0 amide bonds. The van der Waals surface area contributed by atoms with Crippen molar-refractivity contribution in [3.05, 3.63) is 0 Å². The van der Waals surface area contributed by atoms with Crippen LogP contribution in [0, 0.1) is 5.92 Å². The minimum Gasteiger partial charge on any atom is -0.459 e. The number of esters is 2. The molecular weight excluding hydrogens is 288 g/mol. The Hall–Kier alpha value is -1.18. The SMILES string of the molecule is CC(C)C(N)C(=O)OC(C)(C)CC(C)(C)OC(=O)CNCO. The lowest BCUT2D eigenvalue weighted by Crippen LogP contribution is -2.45. The molecule has 0 aromatic rings. The van der Waals surface area contributed by atoms with E-state index in [1.165, 1.54) is 0 Å². The monoisotopic (exact) mass is 318 g/mol. The highest BCUT2D eigenvalue weighted by molar-refractivity contribution is 5.76. The summed E-state index contributed by atoms with van der Waals surface area (Å²) in [4.78, 5) is 23.6. The maximum absolute atomic E-state index is 12.0. The van der Waals surface area contributed by atoms with E-state index in [1.54, 1.807) is 27.7 Å². The lowest BCUT2D eigenvalue weighted by Gasteiger charge is -2.35. The van der Waals surface area contributed by atoms with Gasteiger partial charge >= 0.3 is 11.9 Å². The molecule has 7 nitrogen and oxygen atoms in total. The molecule has 0 spiro atoms. The van der Waals surface area contributed by atoms with Gasteiger partial charge in [0, 0.05) is 6.42 Å². The topological polar surface area (TPSA) is 111 Å². The number of carbonyl (C=O) groups excluding carboxylic acids is 2. The van der Waals surface area contributed by atoms with Gasteiger partial charge in [-0.05, 0) is 33.6 Å². The minimum atomic E-state index is -0.822. The summed E-state index contributed by atoms with van der Waals surface area (Å²) in [6.45, 7) is 10.3. The molecule has 22 heavy (non-hydrogen) atoms. The Labute approximate surface area is 132 Å². The summed E-state index contributed by atoms with van der Waals surface area (Å²) in [5.74, 6) is -0.970. The summed E-state index contributed by atoms with van der Waals surface area (Å²) in [7, 11) is 0. The van der Waals surface area contributed by atoms with E-state index in [0.29, 0.717) is 6.42 Å². The fourth-order valence-corrected chi connectivity index (χ4v) is 2.21. The van der Waals surface area contributed by atoms with Crippen LogP contribution in [0.5, 0.6) is 0 Å². The first kappa shape index (κ1) is 20.8. The van der Waals surface area contributed by atoms with Gasteiger partial charge in [0.25, 0.3) is 0 Å². The number of aliphatic hydroxyl groups is 1. The summed E-state index contributed by atoms with van der Waals surface area (Å²) >= 11 is 0. The molecule has 0 radical (unpaired) electrons. The second-order valence-electron chi connectivity index (χ2n) is 6.95. The van der Waals surface area contributed by atoms with Gasteiger partial charge in [0.15, 0.2) is 0 Å². The lowest BCUT2D eigenvalue weighted by molar-refractivity contribution is -0.171. The number of hydrogen-bond acceptors (Lipinski definition) is 7. The van der Waals surface area contributed by atoms with Crippen LogP contribution in [0.25, 0.3) is 0 Å². The van der Waals surface area contributed by atoms with Crippen LogP contribution in [-0.2, 0) is 19.1 Å². The zero-order valence-corrected chi connectivity index (χ0v) is 14.4. The first-order chi connectivity index (χ1) is 9.90. The smallest absolute Gasteiger partial charge is 0.323 e. The molecule has 130 valence electrons. The fraction of sp³-hybridized carbons (Fsp3) is 0.867. The molecule has 0 bridgehead atoms. The molecule has 1 unspecified atom stereocenters. The van der Waals surface area contributed by atoms with Crippen molar-refractivity contribution in [2.45, 2.75) is 65.2 Å². The Balaban J connectivity index is 4.60. The van der Waals surface area contributed by atoms with Gasteiger partial charge in [0.2, 0.25) is 0 Å². The third-order valence-corrected chi connectivity index (χ3v) is 2.99. The number of hydrogen-bond donors (Lipinski definition) is 3. The van der Waals surface area contributed by atoms with Gasteiger partial charge in [-0.25, -0.2) is 0 Å². The van der Waals surface area contributed by atoms with Gasteiger partial charge in [0.1, 0.15) is 17.2 Å². The number of rotatable bonds is 9. The largest absolute Gasteiger partial charge is 0.459 e. The highest BCUT2D eigenvalue weighted by atomic mass is 16.6. The van der Waals surface area contributed by atoms with Gasteiger partial charge in [-0.3, -0.25) is 14.9 Å².